The van der Waals surface area contributed by atoms with Crippen molar-refractivity contribution >= 4 is 34.7 Å². The molecule has 1 fully saturated rings. The van der Waals surface area contributed by atoms with Crippen LogP contribution in [0.15, 0.2) is 66.7 Å². The van der Waals surface area contributed by atoms with Crippen LogP contribution in [0.3, 0.4) is 0 Å². The lowest BCUT2D eigenvalue weighted by molar-refractivity contribution is 0.00578. The first kappa shape index (κ1) is 20.5. The Balaban J connectivity index is 1.54. The molecule has 3 aromatic rings. The topological polar surface area (TPSA) is 18.5 Å². The maximum atomic E-state index is 6.29. The van der Waals surface area contributed by atoms with Crippen molar-refractivity contribution in [2.45, 2.75) is 58.2 Å². The van der Waals surface area contributed by atoms with Crippen LogP contribution in [0.2, 0.25) is 0 Å². The summed E-state index contributed by atoms with van der Waals surface area (Å²) < 4.78 is 12.6. The van der Waals surface area contributed by atoms with E-state index in [9.17, 15) is 0 Å². The highest BCUT2D eigenvalue weighted by Crippen LogP contribution is 2.41. The highest BCUT2D eigenvalue weighted by molar-refractivity contribution is 6.55. The average molecular weight is 410 g/mol. The molecule has 2 aliphatic rings. The molecular weight excluding hydrogens is 379 g/mol. The monoisotopic (exact) mass is 410 g/mol. The molecular formula is C28H31BO2. The van der Waals surface area contributed by atoms with Gasteiger partial charge in [0, 0.05) is 0 Å². The van der Waals surface area contributed by atoms with E-state index in [4.69, 9.17) is 9.31 Å². The van der Waals surface area contributed by atoms with Crippen molar-refractivity contribution in [3.63, 3.8) is 0 Å². The fourth-order valence-corrected chi connectivity index (χ4v) is 5.14. The Kier molecular flexibility index (Phi) is 4.69. The molecule has 3 heteroatoms. The maximum absolute atomic E-state index is 6.29. The largest absolute Gasteiger partial charge is 0.494 e. The van der Waals surface area contributed by atoms with Gasteiger partial charge in [-0.2, -0.15) is 0 Å². The second-order valence-electron chi connectivity index (χ2n) is 10.1. The molecule has 0 spiro atoms. The number of hydrogen-bond donors (Lipinski definition) is 0. The van der Waals surface area contributed by atoms with Crippen LogP contribution in [0.5, 0.6) is 0 Å². The fraction of sp³-hybridized carbons (Fsp3) is 0.357. The summed E-state index contributed by atoms with van der Waals surface area (Å²) in [7, 11) is -0.371. The summed E-state index contributed by atoms with van der Waals surface area (Å²) in [4.78, 5) is 0. The van der Waals surface area contributed by atoms with Gasteiger partial charge < -0.3 is 9.31 Å². The molecule has 3 aromatic carbocycles. The lowest BCUT2D eigenvalue weighted by Gasteiger charge is -2.32. The van der Waals surface area contributed by atoms with E-state index >= 15 is 0 Å². The van der Waals surface area contributed by atoms with E-state index in [2.05, 4.69) is 95.8 Å². The summed E-state index contributed by atoms with van der Waals surface area (Å²) in [6, 6.07) is 15.7. The van der Waals surface area contributed by atoms with Gasteiger partial charge in [-0.3, -0.25) is 0 Å². The van der Waals surface area contributed by atoms with Gasteiger partial charge in [-0.15, -0.1) is 0 Å². The fourth-order valence-electron chi connectivity index (χ4n) is 5.14. The first-order valence-electron chi connectivity index (χ1n) is 11.4. The Morgan fingerprint density at radius 3 is 2.29 bits per heavy atom. The standard InChI is InChI=1S/C28H31BO2/c1-7-22(29-30-27(3,4)28(5,6)31-29)17-18(2)23-15-13-21-12-11-19-9-8-10-20-14-16-24(23)26(21)25(19)20/h7-14,16-18,23H,1,15H2,2-6H3/b22-17+/t18-,23?/m0/s1. The van der Waals surface area contributed by atoms with Gasteiger partial charge in [-0.05, 0) is 83.8 Å². The Bertz CT molecular complexity index is 1240. The predicted octanol–water partition coefficient (Wildman–Crippen LogP) is 6.36. The smallest absolute Gasteiger partial charge is 0.399 e. The lowest BCUT2D eigenvalue weighted by atomic mass is 9.72. The Labute approximate surface area is 185 Å². The molecule has 1 aliphatic heterocycles. The van der Waals surface area contributed by atoms with E-state index in [-0.39, 0.29) is 18.3 Å². The minimum Gasteiger partial charge on any atom is -0.399 e. The Morgan fingerprint density at radius 1 is 1.00 bits per heavy atom. The number of hydrogen-bond acceptors (Lipinski definition) is 2. The minimum atomic E-state index is -0.371. The van der Waals surface area contributed by atoms with Crippen LogP contribution in [0.25, 0.3) is 27.6 Å². The van der Waals surface area contributed by atoms with Gasteiger partial charge >= 0.3 is 7.12 Å². The third-order valence-corrected chi connectivity index (χ3v) is 7.68. The molecule has 1 aliphatic carbocycles. The Morgan fingerprint density at radius 2 is 1.65 bits per heavy atom. The van der Waals surface area contributed by atoms with Gasteiger partial charge in [0.25, 0.3) is 0 Å². The van der Waals surface area contributed by atoms with Crippen molar-refractivity contribution in [3.8, 4) is 0 Å². The van der Waals surface area contributed by atoms with Crippen molar-refractivity contribution in [2.24, 2.45) is 5.92 Å². The number of benzene rings is 3. The summed E-state index contributed by atoms with van der Waals surface area (Å²) in [5.41, 5.74) is 1.77. The van der Waals surface area contributed by atoms with Crippen LogP contribution in [0.1, 0.15) is 52.5 Å². The van der Waals surface area contributed by atoms with Gasteiger partial charge in [0.15, 0.2) is 0 Å². The molecule has 158 valence electrons. The maximum Gasteiger partial charge on any atom is 0.494 e. The van der Waals surface area contributed by atoms with E-state index in [0.29, 0.717) is 11.8 Å². The molecule has 31 heavy (non-hydrogen) atoms. The van der Waals surface area contributed by atoms with E-state index < -0.39 is 0 Å². The molecule has 1 unspecified atom stereocenters. The Hall–Kier alpha value is -2.36. The van der Waals surface area contributed by atoms with Crippen LogP contribution in [0.4, 0.5) is 0 Å². The molecule has 1 saturated heterocycles. The molecule has 0 saturated carbocycles. The van der Waals surface area contributed by atoms with Crippen molar-refractivity contribution in [1.82, 2.24) is 0 Å². The second kappa shape index (κ2) is 7.08. The average Bonchev–Trinajstić information content (AvgIpc) is 2.96. The van der Waals surface area contributed by atoms with Gasteiger partial charge in [-0.25, -0.2) is 0 Å². The SMILES string of the molecule is C=C/C(=C\[C@H](C)C1CC=c2ccc3cccc4ccc1c2c43)B1OC(C)(C)C(C)(C)O1. The summed E-state index contributed by atoms with van der Waals surface area (Å²) in [6.07, 6.45) is 7.64. The zero-order valence-electron chi connectivity index (χ0n) is 19.2. The molecule has 2 atom stereocenters. The van der Waals surface area contributed by atoms with Gasteiger partial charge in [0.2, 0.25) is 0 Å². The van der Waals surface area contributed by atoms with Crippen molar-refractivity contribution in [1.29, 1.82) is 0 Å². The number of rotatable bonds is 4. The normalized spacial score (nSPS) is 23.2. The highest BCUT2D eigenvalue weighted by atomic mass is 16.7. The van der Waals surface area contributed by atoms with Gasteiger partial charge in [-0.1, -0.05) is 74.2 Å². The lowest BCUT2D eigenvalue weighted by Crippen LogP contribution is -2.41. The first-order chi connectivity index (χ1) is 14.7. The van der Waals surface area contributed by atoms with Crippen molar-refractivity contribution in [3.05, 3.63) is 77.5 Å². The molecule has 0 amide bonds. The summed E-state index contributed by atoms with van der Waals surface area (Å²) in [6.45, 7) is 14.7. The van der Waals surface area contributed by atoms with Crippen LogP contribution in [-0.2, 0) is 9.31 Å². The van der Waals surface area contributed by atoms with Crippen LogP contribution < -0.4 is 5.22 Å². The quantitative estimate of drug-likeness (QED) is 0.368. The molecule has 0 bridgehead atoms. The zero-order valence-corrected chi connectivity index (χ0v) is 19.2. The molecule has 0 radical (unpaired) electrons. The molecule has 0 N–H and O–H groups in total. The summed E-state index contributed by atoms with van der Waals surface area (Å²) in [5.74, 6) is 0.747. The van der Waals surface area contributed by atoms with E-state index in [1.807, 2.05) is 6.08 Å². The third-order valence-electron chi connectivity index (χ3n) is 7.68. The van der Waals surface area contributed by atoms with E-state index in [0.717, 1.165) is 11.9 Å². The molecule has 0 aromatic heterocycles. The summed E-state index contributed by atoms with van der Waals surface area (Å²) in [5, 5.41) is 6.81. The molecule has 2 nitrogen and oxygen atoms in total. The van der Waals surface area contributed by atoms with Crippen molar-refractivity contribution in [2.75, 3.05) is 0 Å². The van der Waals surface area contributed by atoms with Crippen LogP contribution in [0, 0.1) is 5.92 Å². The van der Waals surface area contributed by atoms with Crippen molar-refractivity contribution < 1.29 is 9.31 Å². The van der Waals surface area contributed by atoms with Gasteiger partial charge in [0.05, 0.1) is 11.2 Å². The molecule has 5 rings (SSSR count). The van der Waals surface area contributed by atoms with E-state index in [1.54, 1.807) is 0 Å². The zero-order chi connectivity index (χ0) is 22.0. The van der Waals surface area contributed by atoms with Crippen LogP contribution in [-0.4, -0.2) is 18.3 Å². The van der Waals surface area contributed by atoms with E-state index in [1.165, 1.54) is 32.3 Å². The molecule has 1 heterocycles. The second-order valence-corrected chi connectivity index (χ2v) is 10.1. The minimum absolute atomic E-state index is 0.330. The van der Waals surface area contributed by atoms with Crippen LogP contribution >= 0.6 is 0 Å². The third kappa shape index (κ3) is 3.18. The predicted molar refractivity (Wildman–Crippen MR) is 132 cm³/mol. The summed E-state index contributed by atoms with van der Waals surface area (Å²) >= 11 is 0. The first-order valence-corrected chi connectivity index (χ1v) is 11.4. The number of allylic oxidation sites excluding steroid dienone is 3. The van der Waals surface area contributed by atoms with Gasteiger partial charge in [0.1, 0.15) is 0 Å². The highest BCUT2D eigenvalue weighted by Gasteiger charge is 2.52.